The van der Waals surface area contributed by atoms with Gasteiger partial charge in [0, 0.05) is 6.07 Å². The Bertz CT molecular complexity index is 860. The third-order valence-corrected chi connectivity index (χ3v) is 4.29. The first kappa shape index (κ1) is 17.0. The summed E-state index contributed by atoms with van der Waals surface area (Å²) in [6.07, 6.45) is -0.694. The number of aromatic nitrogens is 2. The monoisotopic (exact) mass is 360 g/mol. The minimum absolute atomic E-state index is 0.226. The van der Waals surface area contributed by atoms with Crippen molar-refractivity contribution >= 4 is 17.3 Å². The number of hydrogen-bond donors (Lipinski definition) is 0. The zero-order chi connectivity index (χ0) is 17.8. The molecule has 0 saturated heterocycles. The van der Waals surface area contributed by atoms with E-state index in [9.17, 15) is 4.79 Å². The number of thiophene rings is 1. The molecule has 0 unspecified atom stereocenters. The molecule has 0 aliphatic heterocycles. The van der Waals surface area contributed by atoms with Crippen molar-refractivity contribution < 1.29 is 23.4 Å². The molecule has 1 atom stereocenters. The Labute approximate surface area is 148 Å². The van der Waals surface area contributed by atoms with Crippen LogP contribution in [0.4, 0.5) is 0 Å². The van der Waals surface area contributed by atoms with E-state index in [0.717, 1.165) is 4.88 Å². The van der Waals surface area contributed by atoms with Crippen molar-refractivity contribution in [2.75, 3.05) is 14.2 Å². The second-order valence-corrected chi connectivity index (χ2v) is 5.98. The van der Waals surface area contributed by atoms with Gasteiger partial charge >= 0.3 is 5.97 Å². The number of benzene rings is 1. The molecule has 0 aliphatic carbocycles. The maximum atomic E-state index is 12.4. The Morgan fingerprint density at radius 1 is 1.20 bits per heavy atom. The first-order valence-electron chi connectivity index (χ1n) is 7.42. The van der Waals surface area contributed by atoms with Crippen molar-refractivity contribution in [3.8, 4) is 22.3 Å². The summed E-state index contributed by atoms with van der Waals surface area (Å²) in [5, 5.41) is 9.84. The Morgan fingerprint density at radius 3 is 2.72 bits per heavy atom. The Morgan fingerprint density at radius 2 is 2.04 bits per heavy atom. The van der Waals surface area contributed by atoms with Gasteiger partial charge in [-0.1, -0.05) is 6.07 Å². The number of nitrogens with zero attached hydrogens (tertiary/aromatic N) is 2. The van der Waals surface area contributed by atoms with E-state index in [0.29, 0.717) is 17.4 Å². The molecule has 25 heavy (non-hydrogen) atoms. The fraction of sp³-hybridized carbons (Fsp3) is 0.235. The number of carbonyl (C=O) groups excluding carboxylic acids is 1. The van der Waals surface area contributed by atoms with Gasteiger partial charge in [0.25, 0.3) is 11.8 Å². The molecule has 0 spiro atoms. The maximum absolute atomic E-state index is 12.4. The zero-order valence-corrected chi connectivity index (χ0v) is 14.7. The van der Waals surface area contributed by atoms with Crippen molar-refractivity contribution in [2.45, 2.75) is 13.0 Å². The van der Waals surface area contributed by atoms with E-state index < -0.39 is 12.1 Å². The van der Waals surface area contributed by atoms with E-state index in [1.807, 2.05) is 17.5 Å². The molecule has 7 nitrogen and oxygen atoms in total. The van der Waals surface area contributed by atoms with Crippen molar-refractivity contribution in [3.63, 3.8) is 0 Å². The molecule has 2 aromatic heterocycles. The number of rotatable bonds is 6. The molecule has 0 bridgehead atoms. The third kappa shape index (κ3) is 3.63. The predicted molar refractivity (Wildman–Crippen MR) is 91.0 cm³/mol. The maximum Gasteiger partial charge on any atom is 0.342 e. The van der Waals surface area contributed by atoms with Gasteiger partial charge in [0.2, 0.25) is 0 Å². The van der Waals surface area contributed by atoms with Crippen LogP contribution in [-0.2, 0) is 4.74 Å². The molecule has 0 saturated carbocycles. The zero-order valence-electron chi connectivity index (χ0n) is 13.9. The molecule has 2 heterocycles. The van der Waals surface area contributed by atoms with Crippen LogP contribution in [0.2, 0.25) is 0 Å². The lowest BCUT2D eigenvalue weighted by molar-refractivity contribution is 0.0276. The van der Waals surface area contributed by atoms with Crippen molar-refractivity contribution in [1.82, 2.24) is 10.2 Å². The second-order valence-electron chi connectivity index (χ2n) is 5.04. The molecule has 3 aromatic rings. The molecule has 1 aromatic carbocycles. The molecule has 8 heteroatoms. The molecule has 0 N–H and O–H groups in total. The Hall–Kier alpha value is -2.87. The largest absolute Gasteiger partial charge is 0.497 e. The summed E-state index contributed by atoms with van der Waals surface area (Å²) in [4.78, 5) is 13.3. The van der Waals surface area contributed by atoms with Crippen LogP contribution >= 0.6 is 11.3 Å². The highest BCUT2D eigenvalue weighted by Crippen LogP contribution is 2.29. The van der Waals surface area contributed by atoms with Gasteiger partial charge in [-0.2, -0.15) is 0 Å². The minimum Gasteiger partial charge on any atom is -0.497 e. The molecule has 0 aliphatic rings. The number of methoxy groups -OCH3 is 2. The molecule has 0 radical (unpaired) electrons. The number of carbonyl (C=O) groups is 1. The Kier molecular flexibility index (Phi) is 4.99. The first-order valence-corrected chi connectivity index (χ1v) is 8.30. The quantitative estimate of drug-likeness (QED) is 0.619. The highest BCUT2D eigenvalue weighted by Gasteiger charge is 2.22. The fourth-order valence-corrected chi connectivity index (χ4v) is 2.78. The van der Waals surface area contributed by atoms with E-state index in [-0.39, 0.29) is 11.5 Å². The van der Waals surface area contributed by atoms with Gasteiger partial charge in [-0.15, -0.1) is 21.5 Å². The van der Waals surface area contributed by atoms with Crippen LogP contribution in [0.1, 0.15) is 29.3 Å². The number of ether oxygens (including phenoxy) is 3. The lowest BCUT2D eigenvalue weighted by atomic mass is 10.2. The van der Waals surface area contributed by atoms with Gasteiger partial charge in [-0.25, -0.2) is 4.79 Å². The van der Waals surface area contributed by atoms with Gasteiger partial charge in [0.15, 0.2) is 6.10 Å². The fourth-order valence-electron chi connectivity index (χ4n) is 2.14. The normalized spacial score (nSPS) is 11.8. The smallest absolute Gasteiger partial charge is 0.342 e. The molecule has 3 rings (SSSR count). The van der Waals surface area contributed by atoms with Gasteiger partial charge in [0.1, 0.15) is 17.1 Å². The van der Waals surface area contributed by atoms with Crippen LogP contribution < -0.4 is 9.47 Å². The van der Waals surface area contributed by atoms with Crippen molar-refractivity contribution in [1.29, 1.82) is 0 Å². The topological polar surface area (TPSA) is 83.7 Å². The average Bonchev–Trinajstić information content (AvgIpc) is 3.32. The summed E-state index contributed by atoms with van der Waals surface area (Å²) in [5.41, 5.74) is 0.285. The SMILES string of the molecule is COc1ccc(C(=O)O[C@H](C)c2nnc(-c3cccs3)o2)c(OC)c1. The van der Waals surface area contributed by atoms with E-state index in [1.165, 1.54) is 25.6 Å². The molecular weight excluding hydrogens is 344 g/mol. The van der Waals surface area contributed by atoms with Gasteiger partial charge in [-0.3, -0.25) is 0 Å². The van der Waals surface area contributed by atoms with Crippen LogP contribution in [0.15, 0.2) is 40.1 Å². The van der Waals surface area contributed by atoms with Gasteiger partial charge in [0.05, 0.1) is 19.1 Å². The predicted octanol–water partition coefficient (Wildman–Crippen LogP) is 3.73. The van der Waals surface area contributed by atoms with Crippen molar-refractivity contribution in [2.24, 2.45) is 0 Å². The summed E-state index contributed by atoms with van der Waals surface area (Å²) >= 11 is 1.49. The highest BCUT2D eigenvalue weighted by molar-refractivity contribution is 7.13. The van der Waals surface area contributed by atoms with Crippen LogP contribution in [-0.4, -0.2) is 30.4 Å². The van der Waals surface area contributed by atoms with Crippen molar-refractivity contribution in [3.05, 3.63) is 47.2 Å². The van der Waals surface area contributed by atoms with Crippen LogP contribution in [0.5, 0.6) is 11.5 Å². The molecular formula is C17H16N2O5S. The minimum atomic E-state index is -0.694. The van der Waals surface area contributed by atoms with Crippen LogP contribution in [0.25, 0.3) is 10.8 Å². The van der Waals surface area contributed by atoms with E-state index >= 15 is 0 Å². The van der Waals surface area contributed by atoms with E-state index in [1.54, 1.807) is 25.1 Å². The molecule has 0 fully saturated rings. The highest BCUT2D eigenvalue weighted by atomic mass is 32.1. The summed E-state index contributed by atoms with van der Waals surface area (Å²) in [6.45, 7) is 1.67. The second kappa shape index (κ2) is 7.35. The summed E-state index contributed by atoms with van der Waals surface area (Å²) in [5.74, 6) is 1.02. The summed E-state index contributed by atoms with van der Waals surface area (Å²) in [6, 6.07) is 8.62. The Balaban J connectivity index is 1.75. The first-order chi connectivity index (χ1) is 12.1. The van der Waals surface area contributed by atoms with E-state index in [2.05, 4.69) is 10.2 Å². The third-order valence-electron chi connectivity index (χ3n) is 3.43. The van der Waals surface area contributed by atoms with Gasteiger partial charge in [-0.05, 0) is 30.5 Å². The van der Waals surface area contributed by atoms with Crippen LogP contribution in [0, 0.1) is 0 Å². The molecule has 130 valence electrons. The van der Waals surface area contributed by atoms with Crippen LogP contribution in [0.3, 0.4) is 0 Å². The number of esters is 1. The summed E-state index contributed by atoms with van der Waals surface area (Å²) < 4.78 is 21.3. The summed E-state index contributed by atoms with van der Waals surface area (Å²) in [7, 11) is 3.01. The lowest BCUT2D eigenvalue weighted by Crippen LogP contribution is -2.11. The standard InChI is InChI=1S/C17H16N2O5S/c1-10(15-18-19-16(24-15)14-5-4-8-25-14)23-17(20)12-7-6-11(21-2)9-13(12)22-3/h4-10H,1-3H3/t10-/m1/s1. The lowest BCUT2D eigenvalue weighted by Gasteiger charge is -2.12. The van der Waals surface area contributed by atoms with Gasteiger partial charge < -0.3 is 18.6 Å². The molecule has 0 amide bonds. The average molecular weight is 360 g/mol. The van der Waals surface area contributed by atoms with E-state index in [4.69, 9.17) is 18.6 Å². The number of hydrogen-bond acceptors (Lipinski definition) is 8.